The molecule has 0 unspecified atom stereocenters. The lowest BCUT2D eigenvalue weighted by Gasteiger charge is -2.08. The first-order chi connectivity index (χ1) is 12.7. The Bertz CT molecular complexity index is 896. The van der Waals surface area contributed by atoms with E-state index in [2.05, 4.69) is 15.5 Å². The van der Waals surface area contributed by atoms with Crippen molar-refractivity contribution >= 4 is 34.6 Å². The van der Waals surface area contributed by atoms with Gasteiger partial charge in [-0.25, -0.2) is 0 Å². The van der Waals surface area contributed by atoms with Crippen LogP contribution in [0, 0.1) is 0 Å². The van der Waals surface area contributed by atoms with Crippen molar-refractivity contribution in [1.29, 1.82) is 0 Å². The predicted molar refractivity (Wildman–Crippen MR) is 103 cm³/mol. The number of nitrogens with one attached hydrogen (secondary N) is 1. The van der Waals surface area contributed by atoms with Gasteiger partial charge in [-0.05, 0) is 48.5 Å². The molecule has 0 saturated heterocycles. The molecule has 3 rings (SSSR count). The van der Waals surface area contributed by atoms with Crippen molar-refractivity contribution in [2.75, 3.05) is 11.9 Å². The lowest BCUT2D eigenvalue weighted by Crippen LogP contribution is -2.20. The highest BCUT2D eigenvalue weighted by molar-refractivity contribution is 6.32. The highest BCUT2D eigenvalue weighted by Gasteiger charge is 2.06. The van der Waals surface area contributed by atoms with Gasteiger partial charge in [-0.3, -0.25) is 4.79 Å². The summed E-state index contributed by atoms with van der Waals surface area (Å²) in [5, 5.41) is 11.5. The third-order valence-electron chi connectivity index (χ3n) is 3.38. The Morgan fingerprint density at radius 3 is 2.15 bits per heavy atom. The van der Waals surface area contributed by atoms with Crippen LogP contribution in [0.1, 0.15) is 0 Å². The van der Waals surface area contributed by atoms with Crippen molar-refractivity contribution in [3.63, 3.8) is 0 Å². The first-order valence-electron chi connectivity index (χ1n) is 7.95. The fourth-order valence-electron chi connectivity index (χ4n) is 2.12. The Morgan fingerprint density at radius 2 is 1.46 bits per heavy atom. The first kappa shape index (κ1) is 17.6. The van der Waals surface area contributed by atoms with Gasteiger partial charge >= 0.3 is 0 Å². The molecule has 0 bridgehead atoms. The lowest BCUT2D eigenvalue weighted by atomic mass is 10.3. The zero-order chi connectivity index (χ0) is 18.2. The maximum Gasteiger partial charge on any atom is 0.262 e. The molecule has 0 aliphatic rings. The van der Waals surface area contributed by atoms with Gasteiger partial charge in [0.2, 0.25) is 0 Å². The molecule has 3 aromatic rings. The SMILES string of the molecule is O=C(COc1ccccc1Cl)Nc1ccc(N=Nc2ccccc2)cc1. The minimum absolute atomic E-state index is 0.126. The second kappa shape index (κ2) is 8.78. The summed E-state index contributed by atoms with van der Waals surface area (Å²) >= 11 is 5.98. The third kappa shape index (κ3) is 5.16. The highest BCUT2D eigenvalue weighted by Crippen LogP contribution is 2.23. The molecule has 0 aliphatic carbocycles. The molecule has 0 fully saturated rings. The Kier molecular flexibility index (Phi) is 5.96. The molecule has 3 aromatic carbocycles. The number of amides is 1. The van der Waals surface area contributed by atoms with Crippen LogP contribution < -0.4 is 10.1 Å². The first-order valence-corrected chi connectivity index (χ1v) is 8.32. The van der Waals surface area contributed by atoms with Crippen molar-refractivity contribution in [1.82, 2.24) is 0 Å². The minimum atomic E-state index is -0.274. The molecule has 0 saturated carbocycles. The van der Waals surface area contributed by atoms with Gasteiger partial charge in [0.25, 0.3) is 5.91 Å². The standard InChI is InChI=1S/C20H16ClN3O2/c21-18-8-4-5-9-19(18)26-14-20(25)22-15-10-12-17(13-11-15)24-23-16-6-2-1-3-7-16/h1-13H,14H2,(H,22,25). The quantitative estimate of drug-likeness (QED) is 0.563. The van der Waals surface area contributed by atoms with E-state index in [4.69, 9.17) is 16.3 Å². The molecule has 130 valence electrons. The Balaban J connectivity index is 1.53. The number of ether oxygens (including phenoxy) is 1. The lowest BCUT2D eigenvalue weighted by molar-refractivity contribution is -0.118. The van der Waals surface area contributed by atoms with Crippen LogP contribution in [-0.2, 0) is 4.79 Å². The van der Waals surface area contributed by atoms with Gasteiger partial charge in [-0.15, -0.1) is 0 Å². The molecular formula is C20H16ClN3O2. The van der Waals surface area contributed by atoms with Crippen LogP contribution in [0.5, 0.6) is 5.75 Å². The number of para-hydroxylation sites is 1. The molecule has 0 radical (unpaired) electrons. The zero-order valence-electron chi connectivity index (χ0n) is 13.8. The number of carbonyl (C=O) groups excluding carboxylic acids is 1. The van der Waals surface area contributed by atoms with Crippen LogP contribution in [-0.4, -0.2) is 12.5 Å². The van der Waals surface area contributed by atoms with Crippen LogP contribution in [0.25, 0.3) is 0 Å². The van der Waals surface area contributed by atoms with Crippen molar-refractivity contribution in [2.24, 2.45) is 10.2 Å². The predicted octanol–water partition coefficient (Wildman–Crippen LogP) is 5.77. The molecule has 0 aromatic heterocycles. The Labute approximate surface area is 156 Å². The fourth-order valence-corrected chi connectivity index (χ4v) is 2.31. The summed E-state index contributed by atoms with van der Waals surface area (Å²) in [6.45, 7) is -0.126. The van der Waals surface area contributed by atoms with Gasteiger partial charge in [-0.2, -0.15) is 10.2 Å². The smallest absolute Gasteiger partial charge is 0.262 e. The molecule has 26 heavy (non-hydrogen) atoms. The summed E-state index contributed by atoms with van der Waals surface area (Å²) < 4.78 is 5.40. The van der Waals surface area contributed by atoms with E-state index < -0.39 is 0 Å². The molecule has 0 atom stereocenters. The van der Waals surface area contributed by atoms with Gasteiger partial charge in [-0.1, -0.05) is 41.9 Å². The van der Waals surface area contributed by atoms with E-state index >= 15 is 0 Å². The van der Waals surface area contributed by atoms with Crippen LogP contribution >= 0.6 is 11.6 Å². The van der Waals surface area contributed by atoms with Crippen LogP contribution in [0.15, 0.2) is 89.1 Å². The summed E-state index contributed by atoms with van der Waals surface area (Å²) in [6, 6.07) is 23.5. The number of hydrogen-bond acceptors (Lipinski definition) is 4. The molecule has 0 heterocycles. The Morgan fingerprint density at radius 1 is 0.846 bits per heavy atom. The van der Waals surface area contributed by atoms with E-state index in [1.807, 2.05) is 30.3 Å². The van der Waals surface area contributed by atoms with Gasteiger partial charge in [0.1, 0.15) is 5.75 Å². The average molecular weight is 366 g/mol. The minimum Gasteiger partial charge on any atom is -0.482 e. The van der Waals surface area contributed by atoms with E-state index in [0.717, 1.165) is 5.69 Å². The van der Waals surface area contributed by atoms with Crippen molar-refractivity contribution in [3.8, 4) is 5.75 Å². The molecule has 0 aliphatic heterocycles. The number of nitrogens with zero attached hydrogens (tertiary/aromatic N) is 2. The number of carbonyl (C=O) groups is 1. The van der Waals surface area contributed by atoms with E-state index in [1.165, 1.54) is 0 Å². The zero-order valence-corrected chi connectivity index (χ0v) is 14.6. The molecule has 1 N–H and O–H groups in total. The third-order valence-corrected chi connectivity index (χ3v) is 3.70. The number of halogens is 1. The van der Waals surface area contributed by atoms with E-state index in [0.29, 0.717) is 22.1 Å². The number of benzene rings is 3. The number of anilines is 1. The van der Waals surface area contributed by atoms with Crippen molar-refractivity contribution in [2.45, 2.75) is 0 Å². The van der Waals surface area contributed by atoms with Crippen LogP contribution in [0.4, 0.5) is 17.1 Å². The average Bonchev–Trinajstić information content (AvgIpc) is 2.68. The summed E-state index contributed by atoms with van der Waals surface area (Å²) in [5.74, 6) is 0.199. The Hall–Kier alpha value is -3.18. The van der Waals surface area contributed by atoms with Crippen LogP contribution in [0.3, 0.4) is 0 Å². The molecular weight excluding hydrogens is 350 g/mol. The maximum atomic E-state index is 12.0. The summed E-state index contributed by atoms with van der Waals surface area (Å²) in [6.07, 6.45) is 0. The second-order valence-electron chi connectivity index (χ2n) is 5.35. The van der Waals surface area contributed by atoms with Crippen molar-refractivity contribution < 1.29 is 9.53 Å². The normalized spacial score (nSPS) is 10.7. The maximum absolute atomic E-state index is 12.0. The number of hydrogen-bond donors (Lipinski definition) is 1. The monoisotopic (exact) mass is 365 g/mol. The second-order valence-corrected chi connectivity index (χ2v) is 5.76. The van der Waals surface area contributed by atoms with Gasteiger partial charge in [0.15, 0.2) is 6.61 Å². The summed E-state index contributed by atoms with van der Waals surface area (Å²) in [7, 11) is 0. The summed E-state index contributed by atoms with van der Waals surface area (Å²) in [5.41, 5.74) is 2.12. The molecule has 5 nitrogen and oxygen atoms in total. The van der Waals surface area contributed by atoms with Gasteiger partial charge < -0.3 is 10.1 Å². The van der Waals surface area contributed by atoms with E-state index in [-0.39, 0.29) is 12.5 Å². The van der Waals surface area contributed by atoms with Crippen molar-refractivity contribution in [3.05, 3.63) is 83.9 Å². The topological polar surface area (TPSA) is 63.0 Å². The van der Waals surface area contributed by atoms with E-state index in [9.17, 15) is 4.79 Å². The van der Waals surface area contributed by atoms with E-state index in [1.54, 1.807) is 48.5 Å². The van der Waals surface area contributed by atoms with Gasteiger partial charge in [0.05, 0.1) is 16.4 Å². The molecule has 0 spiro atoms. The molecule has 1 amide bonds. The highest BCUT2D eigenvalue weighted by atomic mass is 35.5. The van der Waals surface area contributed by atoms with Gasteiger partial charge in [0, 0.05) is 5.69 Å². The largest absolute Gasteiger partial charge is 0.482 e. The summed E-state index contributed by atoms with van der Waals surface area (Å²) in [4.78, 5) is 12.0. The number of rotatable bonds is 6. The molecule has 6 heteroatoms. The van der Waals surface area contributed by atoms with Crippen LogP contribution in [0.2, 0.25) is 5.02 Å². The fraction of sp³-hybridized carbons (Fsp3) is 0.0500. The number of azo groups is 1.